The van der Waals surface area contributed by atoms with E-state index in [0.717, 1.165) is 5.56 Å². The molecule has 3 amide bonds. The summed E-state index contributed by atoms with van der Waals surface area (Å²) in [5.41, 5.74) is 2.29. The molecule has 0 aliphatic rings. The van der Waals surface area contributed by atoms with Crippen molar-refractivity contribution in [3.63, 3.8) is 0 Å². The normalized spacial score (nSPS) is 10.2. The van der Waals surface area contributed by atoms with E-state index in [0.29, 0.717) is 24.2 Å². The van der Waals surface area contributed by atoms with Crippen molar-refractivity contribution in [2.45, 2.75) is 6.42 Å². The molecule has 0 aliphatic heterocycles. The molecule has 0 radical (unpaired) electrons. The van der Waals surface area contributed by atoms with Crippen LogP contribution in [-0.4, -0.2) is 47.3 Å². The lowest BCUT2D eigenvalue weighted by Gasteiger charge is -2.11. The molecular weight excluding hydrogens is 294 g/mol. The van der Waals surface area contributed by atoms with Gasteiger partial charge in [-0.3, -0.25) is 9.48 Å². The smallest absolute Gasteiger partial charge is 0.319 e. The maximum atomic E-state index is 11.9. The Morgan fingerprint density at radius 2 is 2.09 bits per heavy atom. The number of aromatic nitrogens is 2. The molecule has 1 heterocycles. The molecule has 1 aromatic heterocycles. The molecule has 0 saturated heterocycles. The summed E-state index contributed by atoms with van der Waals surface area (Å²) in [6.07, 6.45) is 3.95. The highest BCUT2D eigenvalue weighted by molar-refractivity contribution is 5.94. The molecule has 2 aromatic rings. The number of hydrogen-bond acceptors (Lipinski definition) is 3. The average molecular weight is 315 g/mol. The maximum Gasteiger partial charge on any atom is 0.319 e. The molecule has 0 bridgehead atoms. The van der Waals surface area contributed by atoms with Crippen molar-refractivity contribution in [1.29, 1.82) is 0 Å². The molecule has 2 rings (SSSR count). The van der Waals surface area contributed by atoms with Gasteiger partial charge >= 0.3 is 6.03 Å². The van der Waals surface area contributed by atoms with Gasteiger partial charge in [0.1, 0.15) is 0 Å². The van der Waals surface area contributed by atoms with Crippen LogP contribution in [0.5, 0.6) is 0 Å². The van der Waals surface area contributed by atoms with E-state index in [9.17, 15) is 9.59 Å². The highest BCUT2D eigenvalue weighted by atomic mass is 16.2. The number of nitrogens with zero attached hydrogens (tertiary/aromatic N) is 3. The predicted octanol–water partition coefficient (Wildman–Crippen LogP) is 1.49. The van der Waals surface area contributed by atoms with Gasteiger partial charge in [-0.25, -0.2) is 4.79 Å². The fraction of sp³-hybridized carbons (Fsp3) is 0.312. The second kappa shape index (κ2) is 7.44. The lowest BCUT2D eigenvalue weighted by molar-refractivity contribution is 0.0827. The summed E-state index contributed by atoms with van der Waals surface area (Å²) in [5, 5.41) is 9.45. The first-order valence-electron chi connectivity index (χ1n) is 7.30. The molecule has 0 atom stereocenters. The number of amides is 3. The standard InChI is InChI=1S/C16H21N5O2/c1-20(2)15(22)13-6-4-5-12(9-13)7-8-17-16(23)19-14-10-18-21(3)11-14/h4-6,9-11H,7-8H2,1-3H3,(H2,17,19,23). The van der Waals surface area contributed by atoms with Gasteiger partial charge in [-0.2, -0.15) is 5.10 Å². The summed E-state index contributed by atoms with van der Waals surface area (Å²) in [5.74, 6) is -0.0332. The van der Waals surface area contributed by atoms with Crippen LogP contribution in [0.25, 0.3) is 0 Å². The fourth-order valence-corrected chi connectivity index (χ4v) is 2.10. The Morgan fingerprint density at radius 1 is 1.30 bits per heavy atom. The molecular formula is C16H21N5O2. The van der Waals surface area contributed by atoms with E-state index in [4.69, 9.17) is 0 Å². The van der Waals surface area contributed by atoms with Gasteiger partial charge in [-0.15, -0.1) is 0 Å². The lowest BCUT2D eigenvalue weighted by atomic mass is 10.1. The van der Waals surface area contributed by atoms with E-state index in [1.54, 1.807) is 49.2 Å². The summed E-state index contributed by atoms with van der Waals surface area (Å²) in [4.78, 5) is 25.2. The Morgan fingerprint density at radius 3 is 2.74 bits per heavy atom. The molecule has 2 N–H and O–H groups in total. The van der Waals surface area contributed by atoms with E-state index < -0.39 is 0 Å². The van der Waals surface area contributed by atoms with Crippen molar-refractivity contribution in [2.75, 3.05) is 26.0 Å². The van der Waals surface area contributed by atoms with Crippen LogP contribution in [0.15, 0.2) is 36.7 Å². The number of aryl methyl sites for hydroxylation is 1. The second-order valence-electron chi connectivity index (χ2n) is 5.43. The van der Waals surface area contributed by atoms with Crippen LogP contribution < -0.4 is 10.6 Å². The Bertz CT molecular complexity index is 693. The number of nitrogens with one attached hydrogen (secondary N) is 2. The largest absolute Gasteiger partial charge is 0.345 e. The number of anilines is 1. The fourth-order valence-electron chi connectivity index (χ4n) is 2.10. The molecule has 0 fully saturated rings. The maximum absolute atomic E-state index is 11.9. The third kappa shape index (κ3) is 4.84. The Kier molecular flexibility index (Phi) is 5.35. The van der Waals surface area contributed by atoms with Crippen molar-refractivity contribution < 1.29 is 9.59 Å². The predicted molar refractivity (Wildman–Crippen MR) is 88.4 cm³/mol. The topological polar surface area (TPSA) is 79.3 Å². The van der Waals surface area contributed by atoms with Crippen LogP contribution in [0, 0.1) is 0 Å². The quantitative estimate of drug-likeness (QED) is 0.877. The Hall–Kier alpha value is -2.83. The van der Waals surface area contributed by atoms with Crippen molar-refractivity contribution in [2.24, 2.45) is 7.05 Å². The van der Waals surface area contributed by atoms with E-state index in [1.165, 1.54) is 0 Å². The highest BCUT2D eigenvalue weighted by Crippen LogP contribution is 2.08. The first-order chi connectivity index (χ1) is 11.0. The van der Waals surface area contributed by atoms with Crippen molar-refractivity contribution >= 4 is 17.6 Å². The Balaban J connectivity index is 1.83. The minimum atomic E-state index is -0.279. The molecule has 0 saturated carbocycles. The molecule has 0 unspecified atom stereocenters. The van der Waals surface area contributed by atoms with Gasteiger partial charge < -0.3 is 15.5 Å². The van der Waals surface area contributed by atoms with Gasteiger partial charge in [-0.05, 0) is 24.1 Å². The van der Waals surface area contributed by atoms with Crippen LogP contribution in [0.4, 0.5) is 10.5 Å². The molecule has 1 aromatic carbocycles. The monoisotopic (exact) mass is 315 g/mol. The van der Waals surface area contributed by atoms with Gasteiger partial charge in [0.25, 0.3) is 5.91 Å². The molecule has 122 valence electrons. The van der Waals surface area contributed by atoms with Crippen molar-refractivity contribution in [3.8, 4) is 0 Å². The number of rotatable bonds is 5. The first-order valence-corrected chi connectivity index (χ1v) is 7.30. The van der Waals surface area contributed by atoms with E-state index in [1.807, 2.05) is 18.2 Å². The van der Waals surface area contributed by atoms with E-state index in [-0.39, 0.29) is 11.9 Å². The summed E-state index contributed by atoms with van der Waals surface area (Å²) in [6, 6.07) is 7.14. The van der Waals surface area contributed by atoms with Gasteiger partial charge in [0.2, 0.25) is 0 Å². The third-order valence-corrected chi connectivity index (χ3v) is 3.24. The number of hydrogen-bond donors (Lipinski definition) is 2. The minimum Gasteiger partial charge on any atom is -0.345 e. The number of carbonyl (C=O) groups is 2. The Labute approximate surface area is 135 Å². The molecule has 0 spiro atoms. The van der Waals surface area contributed by atoms with Crippen molar-refractivity contribution in [3.05, 3.63) is 47.8 Å². The van der Waals surface area contributed by atoms with E-state index in [2.05, 4.69) is 15.7 Å². The average Bonchev–Trinajstić information content (AvgIpc) is 2.91. The van der Waals surface area contributed by atoms with Crippen LogP contribution in [-0.2, 0) is 13.5 Å². The van der Waals surface area contributed by atoms with Crippen LogP contribution in [0.1, 0.15) is 15.9 Å². The summed E-state index contributed by atoms with van der Waals surface area (Å²) < 4.78 is 1.61. The van der Waals surface area contributed by atoms with Gasteiger partial charge in [0.05, 0.1) is 11.9 Å². The SMILES string of the molecule is CN(C)C(=O)c1cccc(CCNC(=O)Nc2cnn(C)c2)c1. The molecule has 7 nitrogen and oxygen atoms in total. The first kappa shape index (κ1) is 16.5. The lowest BCUT2D eigenvalue weighted by Crippen LogP contribution is -2.30. The number of benzene rings is 1. The number of urea groups is 1. The zero-order valence-electron chi connectivity index (χ0n) is 13.5. The van der Waals surface area contributed by atoms with Crippen LogP contribution >= 0.6 is 0 Å². The van der Waals surface area contributed by atoms with Crippen molar-refractivity contribution in [1.82, 2.24) is 20.0 Å². The van der Waals surface area contributed by atoms with Gasteiger partial charge in [0, 0.05) is 39.4 Å². The highest BCUT2D eigenvalue weighted by Gasteiger charge is 2.08. The molecule has 0 aliphatic carbocycles. The minimum absolute atomic E-state index is 0.0332. The van der Waals surface area contributed by atoms with E-state index >= 15 is 0 Å². The zero-order valence-corrected chi connectivity index (χ0v) is 13.5. The zero-order chi connectivity index (χ0) is 16.8. The van der Waals surface area contributed by atoms with Crippen LogP contribution in [0.3, 0.4) is 0 Å². The van der Waals surface area contributed by atoms with Gasteiger partial charge in [0.15, 0.2) is 0 Å². The van der Waals surface area contributed by atoms with Gasteiger partial charge in [-0.1, -0.05) is 12.1 Å². The summed E-state index contributed by atoms with van der Waals surface area (Å²) >= 11 is 0. The second-order valence-corrected chi connectivity index (χ2v) is 5.43. The number of carbonyl (C=O) groups excluding carboxylic acids is 2. The molecule has 7 heteroatoms. The molecule has 23 heavy (non-hydrogen) atoms. The van der Waals surface area contributed by atoms with Crippen LogP contribution in [0.2, 0.25) is 0 Å². The third-order valence-electron chi connectivity index (χ3n) is 3.24. The summed E-state index contributed by atoms with van der Waals surface area (Å²) in [6.45, 7) is 0.478. The summed E-state index contributed by atoms with van der Waals surface area (Å²) in [7, 11) is 5.23.